The zero-order chi connectivity index (χ0) is 23.4. The van der Waals surface area contributed by atoms with E-state index < -0.39 is 28.8 Å². The minimum absolute atomic E-state index is 0.0342. The van der Waals surface area contributed by atoms with Gasteiger partial charge in [-0.15, -0.1) is 0 Å². The van der Waals surface area contributed by atoms with Crippen molar-refractivity contribution in [1.82, 2.24) is 9.13 Å². The van der Waals surface area contributed by atoms with Crippen molar-refractivity contribution in [1.29, 1.82) is 0 Å². The van der Waals surface area contributed by atoms with Gasteiger partial charge in [0.15, 0.2) is 5.78 Å². The number of rotatable bonds is 8. The van der Waals surface area contributed by atoms with Gasteiger partial charge in [-0.3, -0.25) is 23.5 Å². The summed E-state index contributed by atoms with van der Waals surface area (Å²) in [6, 6.07) is 11.6. The number of nitrogens with two attached hydrogens (primary N) is 2. The summed E-state index contributed by atoms with van der Waals surface area (Å²) in [4.78, 5) is 49.6. The van der Waals surface area contributed by atoms with E-state index in [9.17, 15) is 23.6 Å². The first-order valence-corrected chi connectivity index (χ1v) is 9.77. The van der Waals surface area contributed by atoms with E-state index in [2.05, 4.69) is 5.32 Å². The molecule has 0 spiro atoms. The molecule has 3 aromatic rings. The molecule has 0 saturated heterocycles. The predicted molar refractivity (Wildman–Crippen MR) is 118 cm³/mol. The first-order valence-electron chi connectivity index (χ1n) is 9.77. The van der Waals surface area contributed by atoms with E-state index in [-0.39, 0.29) is 31.0 Å². The van der Waals surface area contributed by atoms with Crippen LogP contribution in [0.15, 0.2) is 58.1 Å². The molecule has 0 fully saturated rings. The Kier molecular flexibility index (Phi) is 6.53. The van der Waals surface area contributed by atoms with Gasteiger partial charge in [-0.2, -0.15) is 0 Å². The Morgan fingerprint density at radius 3 is 2.19 bits per heavy atom. The number of ketones is 1. The molecule has 3 rings (SSSR count). The SMILES string of the molecule is CCn1c(=O)c(C(=O)CNc2ccc(C(N)=O)cc2)c(N)n(Cc2ccc(F)cc2)c1=O. The minimum atomic E-state index is -0.777. The molecule has 1 aromatic heterocycles. The van der Waals surface area contributed by atoms with Crippen LogP contribution >= 0.6 is 0 Å². The summed E-state index contributed by atoms with van der Waals surface area (Å²) < 4.78 is 15.2. The standard InChI is InChI=1S/C22H22FN5O4/c1-2-27-21(31)18(17(29)11-26-16-9-5-14(6-10-16)20(25)30)19(24)28(22(27)32)12-13-3-7-15(23)8-4-13/h3-10,26H,2,11-12,24H2,1H3,(H2,25,30). The summed E-state index contributed by atoms with van der Waals surface area (Å²) in [5, 5.41) is 2.86. The first kappa shape index (κ1) is 22.5. The highest BCUT2D eigenvalue weighted by atomic mass is 19.1. The van der Waals surface area contributed by atoms with E-state index in [0.29, 0.717) is 16.8 Å². The number of aromatic nitrogens is 2. The van der Waals surface area contributed by atoms with E-state index in [1.165, 1.54) is 36.4 Å². The highest BCUT2D eigenvalue weighted by Crippen LogP contribution is 2.13. The van der Waals surface area contributed by atoms with Crippen molar-refractivity contribution in [2.24, 2.45) is 5.73 Å². The first-order chi connectivity index (χ1) is 15.2. The van der Waals surface area contributed by atoms with E-state index >= 15 is 0 Å². The molecule has 0 aliphatic heterocycles. The summed E-state index contributed by atoms with van der Waals surface area (Å²) in [5.41, 5.74) is 10.9. The fraction of sp³-hybridized carbons (Fsp3) is 0.182. The number of carbonyl (C=O) groups excluding carboxylic acids is 2. The third kappa shape index (κ3) is 4.59. The number of Topliss-reactive ketones (excluding diaryl/α,β-unsaturated/α-hetero) is 1. The van der Waals surface area contributed by atoms with Crippen LogP contribution in [-0.2, 0) is 13.1 Å². The van der Waals surface area contributed by atoms with Crippen molar-refractivity contribution in [2.45, 2.75) is 20.0 Å². The number of benzene rings is 2. The Balaban J connectivity index is 1.93. The lowest BCUT2D eigenvalue weighted by molar-refractivity contribution is 0.0993. The van der Waals surface area contributed by atoms with Gasteiger partial charge in [-0.25, -0.2) is 9.18 Å². The van der Waals surface area contributed by atoms with Crippen molar-refractivity contribution >= 4 is 23.2 Å². The third-order valence-corrected chi connectivity index (χ3v) is 4.94. The second kappa shape index (κ2) is 9.29. The van der Waals surface area contributed by atoms with Crippen LogP contribution in [0.5, 0.6) is 0 Å². The molecule has 9 nitrogen and oxygen atoms in total. The van der Waals surface area contributed by atoms with Crippen molar-refractivity contribution in [3.8, 4) is 0 Å². The van der Waals surface area contributed by atoms with Crippen molar-refractivity contribution in [3.05, 3.63) is 91.9 Å². The highest BCUT2D eigenvalue weighted by Gasteiger charge is 2.22. The molecule has 10 heteroatoms. The van der Waals surface area contributed by atoms with Crippen LogP contribution in [0, 0.1) is 5.82 Å². The van der Waals surface area contributed by atoms with E-state index in [1.54, 1.807) is 19.1 Å². The monoisotopic (exact) mass is 439 g/mol. The lowest BCUT2D eigenvalue weighted by atomic mass is 10.1. The van der Waals surface area contributed by atoms with Gasteiger partial charge >= 0.3 is 5.69 Å². The average molecular weight is 439 g/mol. The molecule has 2 aromatic carbocycles. The maximum absolute atomic E-state index is 13.2. The van der Waals surface area contributed by atoms with Crippen molar-refractivity contribution in [2.75, 3.05) is 17.6 Å². The molecule has 0 aliphatic rings. The maximum Gasteiger partial charge on any atom is 0.332 e. The zero-order valence-corrected chi connectivity index (χ0v) is 17.3. The Morgan fingerprint density at radius 2 is 1.62 bits per heavy atom. The van der Waals surface area contributed by atoms with Gasteiger partial charge < -0.3 is 16.8 Å². The Hall–Kier alpha value is -4.21. The number of nitrogens with one attached hydrogen (secondary N) is 1. The molecule has 5 N–H and O–H groups in total. The van der Waals surface area contributed by atoms with E-state index in [4.69, 9.17) is 11.5 Å². The molecule has 1 heterocycles. The number of hydrogen-bond donors (Lipinski definition) is 3. The fourth-order valence-electron chi connectivity index (χ4n) is 3.20. The number of primary amides is 1. The predicted octanol–water partition coefficient (Wildman–Crippen LogP) is 1.19. The lowest BCUT2D eigenvalue weighted by Crippen LogP contribution is -2.44. The average Bonchev–Trinajstić information content (AvgIpc) is 2.77. The van der Waals surface area contributed by atoms with Gasteiger partial charge in [0.25, 0.3) is 5.56 Å². The molecule has 0 bridgehead atoms. The van der Waals surface area contributed by atoms with E-state index in [0.717, 1.165) is 9.13 Å². The molecular formula is C22H22FN5O4. The molecule has 1 amide bonds. The lowest BCUT2D eigenvalue weighted by Gasteiger charge is -2.16. The Morgan fingerprint density at radius 1 is 1.00 bits per heavy atom. The van der Waals surface area contributed by atoms with Gasteiger partial charge in [0, 0.05) is 17.8 Å². The van der Waals surface area contributed by atoms with E-state index in [1.807, 2.05) is 0 Å². The number of anilines is 2. The summed E-state index contributed by atoms with van der Waals surface area (Å²) in [7, 11) is 0. The molecule has 0 unspecified atom stereocenters. The Labute approximate surface area is 182 Å². The number of hydrogen-bond acceptors (Lipinski definition) is 6. The molecular weight excluding hydrogens is 417 g/mol. The maximum atomic E-state index is 13.2. The van der Waals surface area contributed by atoms with Crippen molar-refractivity contribution in [3.63, 3.8) is 0 Å². The van der Waals surface area contributed by atoms with Gasteiger partial charge in [0.05, 0.1) is 13.1 Å². The zero-order valence-electron chi connectivity index (χ0n) is 17.3. The second-order valence-electron chi connectivity index (χ2n) is 7.02. The third-order valence-electron chi connectivity index (χ3n) is 4.94. The van der Waals surface area contributed by atoms with Crippen LogP contribution in [0.1, 0.15) is 33.2 Å². The van der Waals surface area contributed by atoms with Crippen molar-refractivity contribution < 1.29 is 14.0 Å². The number of halogens is 1. The van der Waals surface area contributed by atoms with Crippen LogP contribution in [0.4, 0.5) is 15.9 Å². The number of nitrogens with zero attached hydrogens (tertiary/aromatic N) is 2. The summed E-state index contributed by atoms with van der Waals surface area (Å²) >= 11 is 0. The number of amides is 1. The molecule has 166 valence electrons. The van der Waals surface area contributed by atoms with Gasteiger partial charge in [0.2, 0.25) is 5.91 Å². The number of carbonyl (C=O) groups is 2. The molecule has 0 aliphatic carbocycles. The van der Waals surface area contributed by atoms with Crippen LogP contribution in [-0.4, -0.2) is 27.4 Å². The normalized spacial score (nSPS) is 10.7. The van der Waals surface area contributed by atoms with Crippen LogP contribution in [0.2, 0.25) is 0 Å². The summed E-state index contributed by atoms with van der Waals surface area (Å²) in [5.74, 6) is -1.88. The van der Waals surface area contributed by atoms with Gasteiger partial charge in [-0.05, 0) is 48.9 Å². The smallest absolute Gasteiger partial charge is 0.332 e. The van der Waals surface area contributed by atoms with Crippen LogP contribution in [0.25, 0.3) is 0 Å². The summed E-state index contributed by atoms with van der Waals surface area (Å²) in [6.07, 6.45) is 0. The largest absolute Gasteiger partial charge is 0.384 e. The van der Waals surface area contributed by atoms with Gasteiger partial charge in [-0.1, -0.05) is 12.1 Å². The molecule has 0 saturated carbocycles. The molecule has 0 atom stereocenters. The van der Waals surface area contributed by atoms with Crippen LogP contribution in [0.3, 0.4) is 0 Å². The number of nitrogen functional groups attached to an aromatic ring is 1. The molecule has 32 heavy (non-hydrogen) atoms. The summed E-state index contributed by atoms with van der Waals surface area (Å²) in [6.45, 7) is 1.35. The van der Waals surface area contributed by atoms with Crippen LogP contribution < -0.4 is 28.0 Å². The second-order valence-corrected chi connectivity index (χ2v) is 7.02. The molecule has 0 radical (unpaired) electrons. The highest BCUT2D eigenvalue weighted by molar-refractivity contribution is 6.02. The van der Waals surface area contributed by atoms with Gasteiger partial charge in [0.1, 0.15) is 17.2 Å². The Bertz CT molecular complexity index is 1280. The quantitative estimate of drug-likeness (QED) is 0.450. The topological polar surface area (TPSA) is 142 Å². The minimum Gasteiger partial charge on any atom is -0.384 e. The fourth-order valence-corrected chi connectivity index (χ4v) is 3.20.